The third-order valence-corrected chi connectivity index (χ3v) is 7.39. The Morgan fingerprint density at radius 2 is 1.77 bits per heavy atom. The van der Waals surface area contributed by atoms with Crippen molar-refractivity contribution in [1.29, 1.82) is 0 Å². The quantitative estimate of drug-likeness (QED) is 0.254. The third-order valence-electron chi connectivity index (χ3n) is 4.93. The van der Waals surface area contributed by atoms with Gasteiger partial charge in [-0.3, -0.25) is 19.1 Å². The van der Waals surface area contributed by atoms with E-state index < -0.39 is 25.1 Å². The molecule has 26 heavy (non-hydrogen) atoms. The molecule has 2 rings (SSSR count). The number of hydrogen-bond acceptors (Lipinski definition) is 6. The molecule has 0 saturated carbocycles. The maximum atomic E-state index is 13.2. The Balaban J connectivity index is 2.13. The van der Waals surface area contributed by atoms with E-state index in [2.05, 4.69) is 0 Å². The number of likely N-dealkylation sites (tertiary alicyclic amines) is 1. The lowest BCUT2D eigenvalue weighted by Crippen LogP contribution is -2.35. The number of aliphatic hydroxyl groups is 1. The molecule has 0 aromatic rings. The van der Waals surface area contributed by atoms with Crippen LogP contribution in [0.15, 0.2) is 12.2 Å². The average Bonchev–Trinajstić information content (AvgIpc) is 2.86. The third kappa shape index (κ3) is 4.45. The topological polar surface area (TPSA) is 93.1 Å². The van der Waals surface area contributed by atoms with Crippen molar-refractivity contribution in [1.82, 2.24) is 4.90 Å². The van der Waals surface area contributed by atoms with Gasteiger partial charge in [-0.2, -0.15) is 0 Å². The zero-order valence-electron chi connectivity index (χ0n) is 15.6. The van der Waals surface area contributed by atoms with E-state index in [-0.39, 0.29) is 31.6 Å². The van der Waals surface area contributed by atoms with Gasteiger partial charge in [0.05, 0.1) is 30.7 Å². The van der Waals surface area contributed by atoms with Crippen molar-refractivity contribution < 1.29 is 28.3 Å². The average molecular weight is 387 g/mol. The van der Waals surface area contributed by atoms with E-state index in [4.69, 9.17) is 14.2 Å². The van der Waals surface area contributed by atoms with Crippen molar-refractivity contribution in [2.24, 2.45) is 11.8 Å². The van der Waals surface area contributed by atoms with Gasteiger partial charge in [-0.05, 0) is 33.1 Å². The van der Waals surface area contributed by atoms with E-state index >= 15 is 0 Å². The summed E-state index contributed by atoms with van der Waals surface area (Å²) in [6.45, 7) is 4.43. The van der Waals surface area contributed by atoms with Gasteiger partial charge in [0.25, 0.3) is 0 Å². The fourth-order valence-electron chi connectivity index (χ4n) is 3.76. The van der Waals surface area contributed by atoms with Gasteiger partial charge in [0.2, 0.25) is 11.8 Å². The Kier molecular flexibility index (Phi) is 8.02. The highest BCUT2D eigenvalue weighted by Crippen LogP contribution is 2.59. The maximum absolute atomic E-state index is 13.2. The summed E-state index contributed by atoms with van der Waals surface area (Å²) in [6, 6.07) is 0. The smallest absolute Gasteiger partial charge is 0.338 e. The summed E-state index contributed by atoms with van der Waals surface area (Å²) < 4.78 is 24.1. The first kappa shape index (κ1) is 21.3. The van der Waals surface area contributed by atoms with Crippen LogP contribution in [0.1, 0.15) is 46.0 Å². The molecule has 1 saturated heterocycles. The van der Waals surface area contributed by atoms with Crippen LogP contribution in [0.4, 0.5) is 0 Å². The highest BCUT2D eigenvalue weighted by molar-refractivity contribution is 7.55. The van der Waals surface area contributed by atoms with Crippen LogP contribution in [0.2, 0.25) is 0 Å². The van der Waals surface area contributed by atoms with E-state index in [9.17, 15) is 14.2 Å². The van der Waals surface area contributed by atoms with Crippen LogP contribution in [-0.4, -0.2) is 53.8 Å². The molecular formula is C18H30NO6P. The van der Waals surface area contributed by atoms with Gasteiger partial charge < -0.3 is 14.2 Å². The largest absolute Gasteiger partial charge is 0.396 e. The number of rotatable bonds is 11. The molecule has 0 aromatic heterocycles. The summed E-state index contributed by atoms with van der Waals surface area (Å²) in [7, 11) is -3.51. The predicted molar refractivity (Wildman–Crippen MR) is 97.7 cm³/mol. The fraction of sp³-hybridized carbons (Fsp3) is 0.778. The number of fused-ring (bicyclic) bond motifs is 1. The Morgan fingerprint density at radius 3 is 2.38 bits per heavy atom. The first-order chi connectivity index (χ1) is 12.5. The summed E-state index contributed by atoms with van der Waals surface area (Å²) in [4.78, 5) is 27.0. The number of aliphatic hydroxyl groups excluding tert-OH is 1. The number of hydrogen-bond donors (Lipinski definition) is 1. The Bertz CT molecular complexity index is 568. The number of amides is 2. The molecule has 7 nitrogen and oxygen atoms in total. The molecule has 1 aliphatic carbocycles. The van der Waals surface area contributed by atoms with Crippen molar-refractivity contribution >= 4 is 19.4 Å². The van der Waals surface area contributed by atoms with Gasteiger partial charge in [-0.25, -0.2) is 0 Å². The second kappa shape index (κ2) is 9.79. The Hall–Kier alpha value is -1.01. The van der Waals surface area contributed by atoms with Crippen molar-refractivity contribution in [3.05, 3.63) is 12.2 Å². The molecule has 1 aliphatic heterocycles. The molecule has 0 spiro atoms. The van der Waals surface area contributed by atoms with Crippen LogP contribution in [-0.2, 0) is 23.2 Å². The zero-order valence-corrected chi connectivity index (χ0v) is 16.5. The monoisotopic (exact) mass is 387 g/mol. The Morgan fingerprint density at radius 1 is 1.12 bits per heavy atom. The van der Waals surface area contributed by atoms with Gasteiger partial charge in [-0.1, -0.05) is 25.0 Å². The minimum Gasteiger partial charge on any atom is -0.396 e. The van der Waals surface area contributed by atoms with E-state index in [1.54, 1.807) is 19.9 Å². The second-order valence-electron chi connectivity index (χ2n) is 6.63. The van der Waals surface area contributed by atoms with Crippen LogP contribution in [0.5, 0.6) is 0 Å². The first-order valence-corrected chi connectivity index (χ1v) is 11.1. The van der Waals surface area contributed by atoms with Crippen molar-refractivity contribution in [2.45, 2.75) is 51.6 Å². The number of carbonyl (C=O) groups is 2. The molecule has 1 N–H and O–H groups in total. The molecular weight excluding hydrogens is 357 g/mol. The number of imide groups is 1. The van der Waals surface area contributed by atoms with Crippen LogP contribution < -0.4 is 0 Å². The van der Waals surface area contributed by atoms with Gasteiger partial charge >= 0.3 is 7.60 Å². The van der Waals surface area contributed by atoms with Crippen LogP contribution in [0.3, 0.4) is 0 Å². The van der Waals surface area contributed by atoms with Gasteiger partial charge in [0, 0.05) is 13.2 Å². The van der Waals surface area contributed by atoms with Crippen LogP contribution >= 0.6 is 7.60 Å². The first-order valence-electron chi connectivity index (χ1n) is 9.51. The predicted octanol–water partition coefficient (Wildman–Crippen LogP) is 2.73. The molecule has 1 fully saturated rings. The highest BCUT2D eigenvalue weighted by atomic mass is 31.2. The van der Waals surface area contributed by atoms with E-state index in [1.165, 1.54) is 4.90 Å². The summed E-state index contributed by atoms with van der Waals surface area (Å²) in [5, 5.41) is 8.82. The number of carbonyl (C=O) groups excluding carboxylic acids is 2. The van der Waals surface area contributed by atoms with E-state index in [0.717, 1.165) is 19.3 Å². The van der Waals surface area contributed by atoms with Crippen LogP contribution in [0.25, 0.3) is 0 Å². The standard InChI is InChI=1S/C18H30NO6P/c1-3-24-26(23,25-4-2)15-11-9-10-14-16(15)18(22)19(17(14)21)12-7-5-6-8-13-20/h9,11,14-16,20H,3-8,10,12-13H2,1-2H3/t14-,15+,16-/m0/s1. The van der Waals surface area contributed by atoms with Crippen LogP contribution in [0, 0.1) is 11.8 Å². The molecule has 1 heterocycles. The summed E-state index contributed by atoms with van der Waals surface area (Å²) in [5.74, 6) is -1.61. The molecule has 0 radical (unpaired) electrons. The lowest BCUT2D eigenvalue weighted by Gasteiger charge is -2.31. The zero-order chi connectivity index (χ0) is 19.2. The summed E-state index contributed by atoms with van der Waals surface area (Å²) in [5.41, 5.74) is -0.711. The summed E-state index contributed by atoms with van der Waals surface area (Å²) >= 11 is 0. The summed E-state index contributed by atoms with van der Waals surface area (Å²) in [6.07, 6.45) is 7.17. The second-order valence-corrected chi connectivity index (χ2v) is 8.82. The Labute approximate surface area is 155 Å². The number of unbranched alkanes of at least 4 members (excludes halogenated alkanes) is 3. The molecule has 2 amide bonds. The number of nitrogens with zero attached hydrogens (tertiary/aromatic N) is 1. The normalized spacial score (nSPS) is 25.8. The molecule has 8 heteroatoms. The van der Waals surface area contributed by atoms with Crippen molar-refractivity contribution in [3.8, 4) is 0 Å². The lowest BCUT2D eigenvalue weighted by atomic mass is 9.85. The molecule has 2 aliphatic rings. The molecule has 0 unspecified atom stereocenters. The molecule has 148 valence electrons. The lowest BCUT2D eigenvalue weighted by molar-refractivity contribution is -0.140. The number of allylic oxidation sites excluding steroid dienone is 2. The highest BCUT2D eigenvalue weighted by Gasteiger charge is 2.56. The van der Waals surface area contributed by atoms with E-state index in [1.807, 2.05) is 6.08 Å². The van der Waals surface area contributed by atoms with Crippen molar-refractivity contribution in [3.63, 3.8) is 0 Å². The van der Waals surface area contributed by atoms with Gasteiger partial charge in [0.15, 0.2) is 0 Å². The SMILES string of the molecule is CCOP(=O)(OCC)[C@@H]1C=CC[C@@H]2C(=O)N(CCCCCCO)C(=O)[C@@H]21. The molecule has 0 aromatic carbocycles. The maximum Gasteiger partial charge on any atom is 0.338 e. The van der Waals surface area contributed by atoms with Gasteiger partial charge in [0.1, 0.15) is 0 Å². The van der Waals surface area contributed by atoms with E-state index in [0.29, 0.717) is 19.4 Å². The molecule has 3 atom stereocenters. The van der Waals surface area contributed by atoms with Crippen molar-refractivity contribution in [2.75, 3.05) is 26.4 Å². The molecule has 0 bridgehead atoms. The minimum atomic E-state index is -3.51. The fourth-order valence-corrected chi connectivity index (χ4v) is 5.96. The van der Waals surface area contributed by atoms with Gasteiger partial charge in [-0.15, -0.1) is 0 Å². The minimum absolute atomic E-state index is 0.156.